The number of hydrogen-bond acceptors (Lipinski definition) is 3. The van der Waals surface area contributed by atoms with Crippen LogP contribution >= 0.6 is 34.5 Å². The Bertz CT molecular complexity index is 569. The maximum Gasteiger partial charge on any atom is 0.142 e. The zero-order valence-electron chi connectivity index (χ0n) is 9.58. The molecule has 1 aromatic heterocycles. The van der Waals surface area contributed by atoms with Crippen LogP contribution in [0, 0.1) is 5.82 Å². The van der Waals surface area contributed by atoms with Crippen LogP contribution in [0.2, 0.25) is 10.0 Å². The van der Waals surface area contributed by atoms with E-state index in [-0.39, 0.29) is 11.1 Å². The summed E-state index contributed by atoms with van der Waals surface area (Å²) in [6.07, 6.45) is 0.693. The second-order valence-corrected chi connectivity index (χ2v) is 5.81. The number of hydrogen-bond donors (Lipinski definition) is 1. The van der Waals surface area contributed by atoms with Gasteiger partial charge in [0.25, 0.3) is 0 Å². The number of rotatable bonds is 3. The van der Waals surface area contributed by atoms with Gasteiger partial charge in [-0.2, -0.15) is 0 Å². The summed E-state index contributed by atoms with van der Waals surface area (Å²) in [5.41, 5.74) is 6.91. The first kappa shape index (κ1) is 13.7. The molecule has 0 bridgehead atoms. The molecule has 1 unspecified atom stereocenters. The van der Waals surface area contributed by atoms with Crippen LogP contribution in [0.25, 0.3) is 11.3 Å². The molecule has 0 fully saturated rings. The number of nitrogens with two attached hydrogens (primary N) is 1. The lowest BCUT2D eigenvalue weighted by atomic mass is 10.1. The van der Waals surface area contributed by atoms with Gasteiger partial charge in [0.05, 0.1) is 20.7 Å². The van der Waals surface area contributed by atoms with Crippen LogP contribution in [-0.2, 0) is 6.42 Å². The molecule has 0 aliphatic carbocycles. The van der Waals surface area contributed by atoms with Gasteiger partial charge in [-0.15, -0.1) is 11.3 Å². The Morgan fingerprint density at radius 3 is 2.78 bits per heavy atom. The normalized spacial score (nSPS) is 12.7. The lowest BCUT2D eigenvalue weighted by Gasteiger charge is -2.03. The molecule has 18 heavy (non-hydrogen) atoms. The first-order chi connectivity index (χ1) is 8.47. The molecule has 96 valence electrons. The van der Waals surface area contributed by atoms with Gasteiger partial charge in [-0.05, 0) is 19.1 Å². The van der Waals surface area contributed by atoms with Crippen molar-refractivity contribution in [3.8, 4) is 11.3 Å². The Balaban J connectivity index is 2.37. The topological polar surface area (TPSA) is 38.9 Å². The predicted octanol–water partition coefficient (Wildman–Crippen LogP) is 4.15. The highest BCUT2D eigenvalue weighted by molar-refractivity contribution is 7.10. The minimum atomic E-state index is -0.502. The van der Waals surface area contributed by atoms with E-state index in [1.807, 2.05) is 12.3 Å². The second-order valence-electron chi connectivity index (χ2n) is 4.05. The smallest absolute Gasteiger partial charge is 0.142 e. The van der Waals surface area contributed by atoms with E-state index in [4.69, 9.17) is 28.9 Å². The van der Waals surface area contributed by atoms with Crippen LogP contribution in [0.5, 0.6) is 0 Å². The summed E-state index contributed by atoms with van der Waals surface area (Å²) in [6, 6.07) is 2.73. The van der Waals surface area contributed by atoms with Crippen molar-refractivity contribution in [2.45, 2.75) is 19.4 Å². The quantitative estimate of drug-likeness (QED) is 0.865. The summed E-state index contributed by atoms with van der Waals surface area (Å²) in [4.78, 5) is 4.40. The van der Waals surface area contributed by atoms with E-state index < -0.39 is 5.82 Å². The van der Waals surface area contributed by atoms with Gasteiger partial charge in [-0.1, -0.05) is 23.2 Å². The average Bonchev–Trinajstić information content (AvgIpc) is 2.70. The molecule has 2 rings (SSSR count). The van der Waals surface area contributed by atoms with E-state index in [9.17, 15) is 4.39 Å². The molecule has 0 aliphatic rings. The Kier molecular flexibility index (Phi) is 4.22. The maximum atomic E-state index is 13.4. The molecule has 0 radical (unpaired) electrons. The number of nitrogens with zero attached hydrogens (tertiary/aromatic N) is 1. The van der Waals surface area contributed by atoms with Crippen LogP contribution in [-0.4, -0.2) is 11.0 Å². The molecule has 0 amide bonds. The SMILES string of the molecule is CC(N)Cc1nc(-c2cc(F)c(Cl)cc2Cl)cs1. The molecule has 0 saturated heterocycles. The van der Waals surface area contributed by atoms with Gasteiger partial charge in [0.15, 0.2) is 0 Å². The Labute approximate surface area is 119 Å². The first-order valence-corrected chi connectivity index (χ1v) is 6.96. The zero-order chi connectivity index (χ0) is 13.3. The largest absolute Gasteiger partial charge is 0.328 e. The summed E-state index contributed by atoms with van der Waals surface area (Å²) in [7, 11) is 0. The number of halogens is 3. The zero-order valence-corrected chi connectivity index (χ0v) is 11.9. The molecule has 0 spiro atoms. The fraction of sp³-hybridized carbons (Fsp3) is 0.250. The fourth-order valence-corrected chi connectivity index (χ4v) is 2.94. The number of thiazole rings is 1. The van der Waals surface area contributed by atoms with Crippen molar-refractivity contribution in [2.24, 2.45) is 5.73 Å². The van der Waals surface area contributed by atoms with Gasteiger partial charge >= 0.3 is 0 Å². The third-order valence-electron chi connectivity index (χ3n) is 2.33. The lowest BCUT2D eigenvalue weighted by molar-refractivity contribution is 0.628. The van der Waals surface area contributed by atoms with E-state index in [0.717, 1.165) is 5.01 Å². The van der Waals surface area contributed by atoms with Crippen LogP contribution in [0.1, 0.15) is 11.9 Å². The molecule has 1 aromatic carbocycles. The molecule has 2 N–H and O–H groups in total. The molecule has 0 aliphatic heterocycles. The molecule has 2 nitrogen and oxygen atoms in total. The second kappa shape index (κ2) is 5.53. The minimum Gasteiger partial charge on any atom is -0.328 e. The molecular formula is C12H11Cl2FN2S. The van der Waals surface area contributed by atoms with Crippen molar-refractivity contribution in [3.63, 3.8) is 0 Å². The molecule has 6 heteroatoms. The highest BCUT2D eigenvalue weighted by Gasteiger charge is 2.12. The van der Waals surface area contributed by atoms with Crippen molar-refractivity contribution in [1.29, 1.82) is 0 Å². The Hall–Kier alpha value is -0.680. The van der Waals surface area contributed by atoms with Crippen LogP contribution in [0.4, 0.5) is 4.39 Å². The van der Waals surface area contributed by atoms with E-state index in [2.05, 4.69) is 4.98 Å². The van der Waals surface area contributed by atoms with Crippen LogP contribution in [0.15, 0.2) is 17.5 Å². The van der Waals surface area contributed by atoms with Crippen LogP contribution < -0.4 is 5.73 Å². The standard InChI is InChI=1S/C12H11Cl2FN2S/c1-6(16)2-12-17-11(5-18-12)7-3-10(15)9(14)4-8(7)13/h3-6H,2,16H2,1H3. The molecule has 1 atom stereocenters. The Morgan fingerprint density at radius 1 is 1.39 bits per heavy atom. The maximum absolute atomic E-state index is 13.4. The number of benzene rings is 1. The minimum absolute atomic E-state index is 0.00906. The fourth-order valence-electron chi connectivity index (χ4n) is 1.52. The summed E-state index contributed by atoms with van der Waals surface area (Å²) >= 11 is 13.2. The van der Waals surface area contributed by atoms with Crippen LogP contribution in [0.3, 0.4) is 0 Å². The highest BCUT2D eigenvalue weighted by atomic mass is 35.5. The van der Waals surface area contributed by atoms with Gasteiger partial charge in [0.1, 0.15) is 5.82 Å². The third kappa shape index (κ3) is 3.01. The molecule has 0 saturated carbocycles. The van der Waals surface area contributed by atoms with E-state index in [0.29, 0.717) is 22.7 Å². The average molecular weight is 305 g/mol. The van der Waals surface area contributed by atoms with Crippen molar-refractivity contribution in [1.82, 2.24) is 4.98 Å². The summed E-state index contributed by atoms with van der Waals surface area (Å²) < 4.78 is 13.4. The van der Waals surface area contributed by atoms with E-state index >= 15 is 0 Å². The van der Waals surface area contributed by atoms with Crippen molar-refractivity contribution >= 4 is 34.5 Å². The van der Waals surface area contributed by atoms with E-state index in [1.54, 1.807) is 0 Å². The van der Waals surface area contributed by atoms with Gasteiger partial charge < -0.3 is 5.73 Å². The highest BCUT2D eigenvalue weighted by Crippen LogP contribution is 2.32. The van der Waals surface area contributed by atoms with Gasteiger partial charge in [-0.25, -0.2) is 9.37 Å². The number of aromatic nitrogens is 1. The lowest BCUT2D eigenvalue weighted by Crippen LogP contribution is -2.17. The summed E-state index contributed by atoms with van der Waals surface area (Å²) in [5.74, 6) is -0.502. The monoisotopic (exact) mass is 304 g/mol. The molecule has 1 heterocycles. The van der Waals surface area contributed by atoms with Gasteiger partial charge in [0.2, 0.25) is 0 Å². The van der Waals surface area contributed by atoms with Crippen molar-refractivity contribution < 1.29 is 4.39 Å². The Morgan fingerprint density at radius 2 is 2.11 bits per heavy atom. The van der Waals surface area contributed by atoms with Crippen molar-refractivity contribution in [3.05, 3.63) is 38.4 Å². The van der Waals surface area contributed by atoms with E-state index in [1.165, 1.54) is 23.5 Å². The summed E-state index contributed by atoms with van der Waals surface area (Å²) in [6.45, 7) is 1.91. The predicted molar refractivity (Wildman–Crippen MR) is 74.9 cm³/mol. The first-order valence-electron chi connectivity index (χ1n) is 5.32. The molecule has 2 aromatic rings. The van der Waals surface area contributed by atoms with Gasteiger partial charge in [-0.3, -0.25) is 0 Å². The van der Waals surface area contributed by atoms with Gasteiger partial charge in [0, 0.05) is 23.4 Å². The third-order valence-corrected chi connectivity index (χ3v) is 3.81. The summed E-state index contributed by atoms with van der Waals surface area (Å²) in [5, 5.41) is 3.15. The van der Waals surface area contributed by atoms with Crippen molar-refractivity contribution in [2.75, 3.05) is 0 Å². The molecular weight excluding hydrogens is 294 g/mol.